The molecular weight excluding hydrogens is 450 g/mol. The minimum atomic E-state index is -3.71. The summed E-state index contributed by atoms with van der Waals surface area (Å²) in [7, 11) is -4.39. The first-order chi connectivity index (χ1) is 13.9. The number of rotatable bonds is 6. The normalized spacial score (nSPS) is 14.1. The van der Waals surface area contributed by atoms with Gasteiger partial charge >= 0.3 is 0 Å². The van der Waals surface area contributed by atoms with Crippen molar-refractivity contribution in [1.29, 1.82) is 0 Å². The van der Waals surface area contributed by atoms with Gasteiger partial charge in [-0.15, -0.1) is 0 Å². The lowest BCUT2D eigenvalue weighted by molar-refractivity contribution is -0.117. The van der Waals surface area contributed by atoms with Gasteiger partial charge in [0.2, 0.25) is 26.0 Å². The molecule has 30 heavy (non-hydrogen) atoms. The summed E-state index contributed by atoms with van der Waals surface area (Å²) >= 11 is 5.87. The summed E-state index contributed by atoms with van der Waals surface area (Å²) in [4.78, 5) is 14.6. The SMILES string of the molecule is CN(C)S(=O)(=O)c1ccc2c(c1)CCN2C(=O)CN(c1ccc(Cl)cc1)S(C)(=O)=O. The molecule has 0 fully saturated rings. The Hall–Kier alpha value is -2.14. The molecule has 0 spiro atoms. The van der Waals surface area contributed by atoms with Crippen molar-refractivity contribution >= 4 is 48.9 Å². The van der Waals surface area contributed by atoms with Crippen molar-refractivity contribution < 1.29 is 21.6 Å². The second-order valence-electron chi connectivity index (χ2n) is 7.12. The average Bonchev–Trinajstić information content (AvgIpc) is 3.09. The lowest BCUT2D eigenvalue weighted by Crippen LogP contribution is -2.42. The fourth-order valence-corrected chi connectivity index (χ4v) is 5.15. The second-order valence-corrected chi connectivity index (χ2v) is 11.6. The number of sulfonamides is 2. The lowest BCUT2D eigenvalue weighted by Gasteiger charge is -2.25. The molecule has 1 aliphatic heterocycles. The van der Waals surface area contributed by atoms with Crippen LogP contribution in [0.3, 0.4) is 0 Å². The van der Waals surface area contributed by atoms with E-state index in [-0.39, 0.29) is 11.4 Å². The predicted octanol–water partition coefficient (Wildman–Crippen LogP) is 1.95. The maximum atomic E-state index is 13.0. The first-order valence-corrected chi connectivity index (χ1v) is 12.7. The van der Waals surface area contributed by atoms with Crippen LogP contribution in [0.4, 0.5) is 11.4 Å². The Labute approximate surface area is 181 Å². The van der Waals surface area contributed by atoms with Crippen LogP contribution in [0.25, 0.3) is 0 Å². The average molecular weight is 472 g/mol. The Morgan fingerprint density at radius 3 is 2.27 bits per heavy atom. The van der Waals surface area contributed by atoms with Gasteiger partial charge in [0.05, 0.1) is 16.8 Å². The molecule has 0 N–H and O–H groups in total. The monoisotopic (exact) mass is 471 g/mol. The number of fused-ring (bicyclic) bond motifs is 1. The Balaban J connectivity index is 1.88. The summed E-state index contributed by atoms with van der Waals surface area (Å²) in [5, 5.41) is 0.454. The van der Waals surface area contributed by atoms with E-state index in [1.165, 1.54) is 37.2 Å². The van der Waals surface area contributed by atoms with Crippen molar-refractivity contribution in [2.45, 2.75) is 11.3 Å². The molecule has 0 unspecified atom stereocenters. The molecule has 0 bridgehead atoms. The van der Waals surface area contributed by atoms with Crippen LogP contribution in [-0.2, 0) is 31.3 Å². The van der Waals surface area contributed by atoms with Crippen LogP contribution in [0.5, 0.6) is 0 Å². The highest BCUT2D eigenvalue weighted by atomic mass is 35.5. The van der Waals surface area contributed by atoms with Crippen LogP contribution in [-0.4, -0.2) is 60.5 Å². The van der Waals surface area contributed by atoms with E-state index >= 15 is 0 Å². The highest BCUT2D eigenvalue weighted by Crippen LogP contribution is 2.31. The largest absolute Gasteiger partial charge is 0.310 e. The fourth-order valence-electron chi connectivity index (χ4n) is 3.22. The Morgan fingerprint density at radius 2 is 1.70 bits per heavy atom. The van der Waals surface area contributed by atoms with Gasteiger partial charge in [-0.1, -0.05) is 11.6 Å². The second kappa shape index (κ2) is 8.18. The molecule has 162 valence electrons. The smallest absolute Gasteiger partial charge is 0.247 e. The Bertz CT molecular complexity index is 1180. The summed E-state index contributed by atoms with van der Waals surface area (Å²) in [6, 6.07) is 10.8. The number of nitrogens with zero attached hydrogens (tertiary/aromatic N) is 3. The van der Waals surface area contributed by atoms with E-state index in [2.05, 4.69) is 0 Å². The summed E-state index contributed by atoms with van der Waals surface area (Å²) in [5.41, 5.74) is 1.65. The third-order valence-corrected chi connectivity index (χ3v) is 8.02. The molecule has 2 aromatic rings. The summed E-state index contributed by atoms with van der Waals surface area (Å²) < 4.78 is 51.4. The molecule has 8 nitrogen and oxygen atoms in total. The first-order valence-electron chi connectivity index (χ1n) is 9.00. The molecule has 0 saturated heterocycles. The van der Waals surface area contributed by atoms with Crippen molar-refractivity contribution in [3.63, 3.8) is 0 Å². The quantitative estimate of drug-likeness (QED) is 0.641. The minimum absolute atomic E-state index is 0.152. The molecule has 0 aromatic heterocycles. The zero-order valence-electron chi connectivity index (χ0n) is 16.7. The van der Waals surface area contributed by atoms with Gasteiger partial charge in [0, 0.05) is 31.4 Å². The van der Waals surface area contributed by atoms with Gasteiger partial charge in [0.15, 0.2) is 0 Å². The molecule has 0 aliphatic carbocycles. The van der Waals surface area contributed by atoms with Crippen LogP contribution in [0, 0.1) is 0 Å². The Morgan fingerprint density at radius 1 is 1.07 bits per heavy atom. The van der Waals surface area contributed by atoms with Crippen molar-refractivity contribution in [2.24, 2.45) is 0 Å². The fraction of sp³-hybridized carbons (Fsp3) is 0.316. The van der Waals surface area contributed by atoms with Crippen LogP contribution < -0.4 is 9.21 Å². The molecule has 1 aliphatic rings. The number of carbonyl (C=O) groups excluding carboxylic acids is 1. The van der Waals surface area contributed by atoms with Gasteiger partial charge in [0.1, 0.15) is 6.54 Å². The third-order valence-electron chi connectivity index (χ3n) is 4.82. The van der Waals surface area contributed by atoms with E-state index in [0.29, 0.717) is 29.4 Å². The number of hydrogen-bond acceptors (Lipinski definition) is 5. The molecule has 0 radical (unpaired) electrons. The summed E-state index contributed by atoms with van der Waals surface area (Å²) in [5.74, 6) is -0.405. The lowest BCUT2D eigenvalue weighted by atomic mass is 10.2. The van der Waals surface area contributed by atoms with E-state index in [1.54, 1.807) is 24.3 Å². The molecule has 11 heteroatoms. The van der Waals surface area contributed by atoms with E-state index < -0.39 is 26.0 Å². The third kappa shape index (κ3) is 4.46. The van der Waals surface area contributed by atoms with Crippen LogP contribution in [0.1, 0.15) is 5.56 Å². The van der Waals surface area contributed by atoms with Crippen molar-refractivity contribution in [1.82, 2.24) is 4.31 Å². The maximum Gasteiger partial charge on any atom is 0.247 e. The zero-order valence-corrected chi connectivity index (χ0v) is 19.1. The van der Waals surface area contributed by atoms with Crippen LogP contribution in [0.15, 0.2) is 47.4 Å². The highest BCUT2D eigenvalue weighted by Gasteiger charge is 2.30. The topological polar surface area (TPSA) is 95.1 Å². The van der Waals surface area contributed by atoms with Gasteiger partial charge in [0.25, 0.3) is 0 Å². The maximum absolute atomic E-state index is 13.0. The van der Waals surface area contributed by atoms with Gasteiger partial charge in [-0.2, -0.15) is 0 Å². The summed E-state index contributed by atoms with van der Waals surface area (Å²) in [6.07, 6.45) is 1.52. The van der Waals surface area contributed by atoms with Gasteiger partial charge in [-0.25, -0.2) is 21.1 Å². The number of anilines is 2. The van der Waals surface area contributed by atoms with Crippen molar-refractivity contribution in [2.75, 3.05) is 42.6 Å². The number of amides is 1. The van der Waals surface area contributed by atoms with Crippen LogP contribution in [0.2, 0.25) is 5.02 Å². The molecule has 0 atom stereocenters. The first kappa shape index (κ1) is 22.5. The van der Waals surface area contributed by atoms with Gasteiger partial charge in [-0.3, -0.25) is 9.10 Å². The highest BCUT2D eigenvalue weighted by molar-refractivity contribution is 7.92. The molecular formula is C19H22ClN3O5S2. The van der Waals surface area contributed by atoms with E-state index in [0.717, 1.165) is 20.4 Å². The number of hydrogen-bond donors (Lipinski definition) is 0. The summed E-state index contributed by atoms with van der Waals surface area (Å²) in [6.45, 7) is -0.0322. The number of benzene rings is 2. The van der Waals surface area contributed by atoms with E-state index in [9.17, 15) is 21.6 Å². The van der Waals surface area contributed by atoms with E-state index in [4.69, 9.17) is 11.6 Å². The standard InChI is InChI=1S/C19H22ClN3O5S2/c1-21(2)30(27,28)17-8-9-18-14(12-17)10-11-22(18)19(24)13-23(29(3,25)26)16-6-4-15(20)5-7-16/h4-9,12H,10-11,13H2,1-3H3. The van der Waals surface area contributed by atoms with Crippen LogP contribution >= 0.6 is 11.6 Å². The molecule has 1 heterocycles. The van der Waals surface area contributed by atoms with Crippen molar-refractivity contribution in [3.8, 4) is 0 Å². The predicted molar refractivity (Wildman–Crippen MR) is 117 cm³/mol. The zero-order chi connectivity index (χ0) is 22.3. The number of carbonyl (C=O) groups is 1. The van der Waals surface area contributed by atoms with Gasteiger partial charge < -0.3 is 4.90 Å². The molecule has 0 saturated carbocycles. The van der Waals surface area contributed by atoms with Gasteiger partial charge in [-0.05, 0) is 54.4 Å². The number of halogens is 1. The van der Waals surface area contributed by atoms with Crippen molar-refractivity contribution in [3.05, 3.63) is 53.1 Å². The molecule has 1 amide bonds. The Kier molecular flexibility index (Phi) is 6.15. The van der Waals surface area contributed by atoms with E-state index in [1.807, 2.05) is 0 Å². The molecule has 2 aromatic carbocycles. The molecule has 3 rings (SSSR count). The minimum Gasteiger partial charge on any atom is -0.310 e.